The largest absolute Gasteiger partial charge is 0.496 e. The third kappa shape index (κ3) is 4.75. The topological polar surface area (TPSA) is 31.4 Å². The molecule has 0 aliphatic carbocycles. The van der Waals surface area contributed by atoms with Gasteiger partial charge in [0.15, 0.2) is 0 Å². The third-order valence-electron chi connectivity index (χ3n) is 4.99. The Bertz CT molecular complexity index is 976. The molecule has 0 fully saturated rings. The second-order valence-electron chi connectivity index (χ2n) is 6.85. The first kappa shape index (κ1) is 21.7. The van der Waals surface area contributed by atoms with Gasteiger partial charge in [0.05, 0.1) is 18.4 Å². The summed E-state index contributed by atoms with van der Waals surface area (Å²) in [6, 6.07) is 12.8. The molecule has 3 nitrogen and oxygen atoms in total. The highest BCUT2D eigenvalue weighted by Gasteiger charge is 2.30. The van der Waals surface area contributed by atoms with Crippen LogP contribution in [-0.4, -0.2) is 12.1 Å². The first-order chi connectivity index (χ1) is 14.4. The fourth-order valence-corrected chi connectivity index (χ4v) is 3.37. The van der Waals surface area contributed by atoms with Gasteiger partial charge in [0.2, 0.25) is 0 Å². The molecule has 0 radical (unpaired) electrons. The maximum Gasteiger partial charge on any atom is 0.416 e. The van der Waals surface area contributed by atoms with E-state index in [9.17, 15) is 13.2 Å². The Morgan fingerprint density at radius 3 is 2.07 bits per heavy atom. The lowest BCUT2D eigenvalue weighted by Crippen LogP contribution is -2.05. The summed E-state index contributed by atoms with van der Waals surface area (Å²) in [4.78, 5) is 4.62. The smallest absolute Gasteiger partial charge is 0.416 e. The molecule has 0 amide bonds. The van der Waals surface area contributed by atoms with Gasteiger partial charge < -0.3 is 9.47 Å². The van der Waals surface area contributed by atoms with Crippen molar-refractivity contribution in [1.29, 1.82) is 0 Å². The molecule has 158 valence electrons. The molecule has 0 atom stereocenters. The quantitative estimate of drug-likeness (QED) is 0.443. The third-order valence-corrected chi connectivity index (χ3v) is 4.99. The van der Waals surface area contributed by atoms with E-state index >= 15 is 0 Å². The van der Waals surface area contributed by atoms with Crippen molar-refractivity contribution in [2.24, 2.45) is 0 Å². The lowest BCUT2D eigenvalue weighted by atomic mass is 9.94. The van der Waals surface area contributed by atoms with E-state index in [0.29, 0.717) is 17.1 Å². The van der Waals surface area contributed by atoms with Crippen molar-refractivity contribution in [3.05, 3.63) is 77.0 Å². The Labute approximate surface area is 174 Å². The summed E-state index contributed by atoms with van der Waals surface area (Å²) >= 11 is 0. The first-order valence-electron chi connectivity index (χ1n) is 9.81. The van der Waals surface area contributed by atoms with Gasteiger partial charge in [0.1, 0.15) is 18.1 Å². The molecule has 0 aliphatic heterocycles. The van der Waals surface area contributed by atoms with Crippen molar-refractivity contribution < 1.29 is 22.6 Å². The number of ether oxygens (including phenoxy) is 2. The van der Waals surface area contributed by atoms with Gasteiger partial charge in [-0.2, -0.15) is 13.2 Å². The predicted octanol–water partition coefficient (Wildman–Crippen LogP) is 6.48. The highest BCUT2D eigenvalue weighted by Crippen LogP contribution is 2.33. The summed E-state index contributed by atoms with van der Waals surface area (Å²) in [6.45, 7) is 4.36. The molecule has 2 aromatic carbocycles. The van der Waals surface area contributed by atoms with Crippen LogP contribution in [0.25, 0.3) is 11.3 Å². The van der Waals surface area contributed by atoms with Crippen LogP contribution in [0.4, 0.5) is 13.2 Å². The van der Waals surface area contributed by atoms with Gasteiger partial charge in [-0.25, -0.2) is 0 Å². The predicted molar refractivity (Wildman–Crippen MR) is 111 cm³/mol. The van der Waals surface area contributed by atoms with Crippen molar-refractivity contribution in [3.63, 3.8) is 0 Å². The Morgan fingerprint density at radius 1 is 0.900 bits per heavy atom. The number of benzene rings is 2. The Morgan fingerprint density at radius 2 is 1.53 bits per heavy atom. The molecule has 0 saturated heterocycles. The molecular formula is C24H24F3NO2. The highest BCUT2D eigenvalue weighted by atomic mass is 19.4. The number of alkyl halides is 3. The zero-order valence-electron chi connectivity index (χ0n) is 17.2. The number of aromatic nitrogens is 1. The lowest BCUT2D eigenvalue weighted by molar-refractivity contribution is -0.137. The highest BCUT2D eigenvalue weighted by molar-refractivity contribution is 5.69. The Balaban J connectivity index is 1.84. The molecule has 3 rings (SSSR count). The number of halogens is 3. The molecule has 0 unspecified atom stereocenters. The van der Waals surface area contributed by atoms with Gasteiger partial charge in [0, 0.05) is 23.4 Å². The number of hydrogen-bond acceptors (Lipinski definition) is 3. The van der Waals surface area contributed by atoms with E-state index in [0.717, 1.165) is 36.2 Å². The van der Waals surface area contributed by atoms with E-state index in [2.05, 4.69) is 37.0 Å². The van der Waals surface area contributed by atoms with Gasteiger partial charge >= 0.3 is 6.18 Å². The van der Waals surface area contributed by atoms with Crippen molar-refractivity contribution in [1.82, 2.24) is 4.98 Å². The van der Waals surface area contributed by atoms with Gasteiger partial charge in [-0.1, -0.05) is 32.0 Å². The monoisotopic (exact) mass is 415 g/mol. The molecule has 0 spiro atoms. The van der Waals surface area contributed by atoms with Crippen molar-refractivity contribution >= 4 is 0 Å². The summed E-state index contributed by atoms with van der Waals surface area (Å²) < 4.78 is 49.3. The minimum absolute atomic E-state index is 0.137. The van der Waals surface area contributed by atoms with Gasteiger partial charge in [-0.05, 0) is 48.2 Å². The molecule has 0 saturated carbocycles. The van der Waals surface area contributed by atoms with E-state index in [1.807, 2.05) is 6.07 Å². The molecular weight excluding hydrogens is 391 g/mol. The minimum Gasteiger partial charge on any atom is -0.496 e. The summed E-state index contributed by atoms with van der Waals surface area (Å²) in [5.41, 5.74) is 4.40. The molecule has 0 bridgehead atoms. The number of pyridine rings is 1. The second-order valence-corrected chi connectivity index (χ2v) is 6.85. The number of nitrogens with zero attached hydrogens (tertiary/aromatic N) is 1. The van der Waals surface area contributed by atoms with Crippen LogP contribution in [0.15, 0.2) is 54.7 Å². The first-order valence-corrected chi connectivity index (χ1v) is 9.81. The Kier molecular flexibility index (Phi) is 6.65. The number of hydrogen-bond donors (Lipinski definition) is 0. The Hall–Kier alpha value is -3.02. The van der Waals surface area contributed by atoms with Crippen LogP contribution < -0.4 is 9.47 Å². The van der Waals surface area contributed by atoms with Crippen LogP contribution in [0.1, 0.15) is 36.1 Å². The van der Waals surface area contributed by atoms with Crippen LogP contribution in [0.2, 0.25) is 0 Å². The number of methoxy groups -OCH3 is 1. The molecule has 0 aliphatic rings. The van der Waals surface area contributed by atoms with Crippen LogP contribution in [-0.2, 0) is 25.6 Å². The van der Waals surface area contributed by atoms with Crippen LogP contribution >= 0.6 is 0 Å². The zero-order valence-corrected chi connectivity index (χ0v) is 17.2. The molecule has 30 heavy (non-hydrogen) atoms. The van der Waals surface area contributed by atoms with E-state index in [1.165, 1.54) is 23.3 Å². The SMILES string of the molecule is CCc1cccc(CC)c1-c1cc(OC)c(COc2ccc(C(F)(F)F)cc2)cn1. The van der Waals surface area contributed by atoms with Gasteiger partial charge in [-0.3, -0.25) is 4.98 Å². The lowest BCUT2D eigenvalue weighted by Gasteiger charge is -2.16. The molecule has 3 aromatic rings. The molecule has 6 heteroatoms. The van der Waals surface area contributed by atoms with Gasteiger partial charge in [-0.15, -0.1) is 0 Å². The van der Waals surface area contributed by atoms with Crippen LogP contribution in [0, 0.1) is 0 Å². The standard InChI is InChI=1S/C24H24F3NO2/c1-4-16-7-6-8-17(5-2)23(16)21-13-22(29-3)18(14-28-21)15-30-20-11-9-19(10-12-20)24(25,26)27/h6-14H,4-5,15H2,1-3H3. The number of rotatable bonds is 7. The normalized spacial score (nSPS) is 11.4. The molecule has 0 N–H and O–H groups in total. The van der Waals surface area contributed by atoms with Crippen molar-refractivity contribution in [2.45, 2.75) is 39.5 Å². The average molecular weight is 415 g/mol. The molecule has 1 heterocycles. The minimum atomic E-state index is -4.37. The second kappa shape index (κ2) is 9.20. The maximum atomic E-state index is 12.7. The fraction of sp³-hybridized carbons (Fsp3) is 0.292. The van der Waals surface area contributed by atoms with E-state index in [-0.39, 0.29) is 6.61 Å². The zero-order chi connectivity index (χ0) is 21.7. The summed E-state index contributed by atoms with van der Waals surface area (Å²) in [7, 11) is 1.58. The molecule has 1 aromatic heterocycles. The number of aryl methyl sites for hydroxylation is 2. The average Bonchev–Trinajstić information content (AvgIpc) is 2.76. The summed E-state index contributed by atoms with van der Waals surface area (Å²) in [5.74, 6) is 0.971. The summed E-state index contributed by atoms with van der Waals surface area (Å²) in [5, 5.41) is 0. The van der Waals surface area contributed by atoms with E-state index < -0.39 is 11.7 Å². The maximum absolute atomic E-state index is 12.7. The van der Waals surface area contributed by atoms with E-state index in [4.69, 9.17) is 9.47 Å². The summed E-state index contributed by atoms with van der Waals surface area (Å²) in [6.07, 6.45) is -0.879. The van der Waals surface area contributed by atoms with Gasteiger partial charge in [0.25, 0.3) is 0 Å². The van der Waals surface area contributed by atoms with Crippen molar-refractivity contribution in [2.75, 3.05) is 7.11 Å². The van der Waals surface area contributed by atoms with Crippen molar-refractivity contribution in [3.8, 4) is 22.8 Å². The van der Waals surface area contributed by atoms with Crippen LogP contribution in [0.5, 0.6) is 11.5 Å². The van der Waals surface area contributed by atoms with Crippen LogP contribution in [0.3, 0.4) is 0 Å². The van der Waals surface area contributed by atoms with E-state index in [1.54, 1.807) is 13.3 Å². The fourth-order valence-electron chi connectivity index (χ4n) is 3.37.